The van der Waals surface area contributed by atoms with Crippen molar-refractivity contribution in [1.82, 2.24) is 14.6 Å². The number of primary sulfonamides is 1. The summed E-state index contributed by atoms with van der Waals surface area (Å²) in [4.78, 5) is 4.11. The highest BCUT2D eigenvalue weighted by atomic mass is 32.2. The molecule has 0 unspecified atom stereocenters. The molecule has 2 aromatic rings. The number of fused-ring (bicyclic) bond motifs is 1. The molecule has 0 bridgehead atoms. The fourth-order valence-corrected chi connectivity index (χ4v) is 4.00. The average Bonchev–Trinajstić information content (AvgIpc) is 2.70. The fraction of sp³-hybridized carbons (Fsp3) is 0.455. The van der Waals surface area contributed by atoms with Gasteiger partial charge in [-0.05, 0) is 17.5 Å². The lowest BCUT2D eigenvalue weighted by Crippen LogP contribution is -2.30. The van der Waals surface area contributed by atoms with Crippen molar-refractivity contribution in [1.29, 1.82) is 0 Å². The molecule has 0 fully saturated rings. The number of nitrogens with zero attached hydrogens (tertiary/aromatic N) is 3. The lowest BCUT2D eigenvalue weighted by atomic mass is 10.0. The Bertz CT molecular complexity index is 679. The van der Waals surface area contributed by atoms with Gasteiger partial charge in [0.15, 0.2) is 5.65 Å². The first-order valence-electron chi connectivity index (χ1n) is 5.69. The van der Waals surface area contributed by atoms with E-state index in [1.165, 1.54) is 11.8 Å². The summed E-state index contributed by atoms with van der Waals surface area (Å²) in [6.45, 7) is 3.75. The van der Waals surface area contributed by atoms with Crippen LogP contribution in [0, 0.1) is 5.41 Å². The Morgan fingerprint density at radius 2 is 2.16 bits per heavy atom. The van der Waals surface area contributed by atoms with Crippen molar-refractivity contribution in [3.05, 3.63) is 24.5 Å². The number of sulfonamides is 1. The standard InChI is InChI=1S/C11H16N4O2S2/c1-11(2,8-19(12,16)17)7-18-10-4-3-9-13-5-6-15(9)14-10/h3-6H,7-8H2,1-2H3,(H2,12,16,17). The van der Waals surface area contributed by atoms with Crippen molar-refractivity contribution < 1.29 is 8.42 Å². The maximum Gasteiger partial charge on any atom is 0.209 e. The van der Waals surface area contributed by atoms with Gasteiger partial charge in [-0.2, -0.15) is 5.10 Å². The highest BCUT2D eigenvalue weighted by molar-refractivity contribution is 7.99. The molecule has 0 aliphatic carbocycles. The van der Waals surface area contributed by atoms with E-state index in [0.717, 1.165) is 10.7 Å². The fourth-order valence-electron chi connectivity index (χ4n) is 1.73. The molecule has 0 amide bonds. The van der Waals surface area contributed by atoms with Crippen LogP contribution in [0.25, 0.3) is 5.65 Å². The zero-order valence-electron chi connectivity index (χ0n) is 10.8. The molecular weight excluding hydrogens is 284 g/mol. The summed E-state index contributed by atoms with van der Waals surface area (Å²) < 4.78 is 24.0. The first kappa shape index (κ1) is 14.3. The minimum absolute atomic E-state index is 0.0413. The maximum atomic E-state index is 11.1. The molecule has 0 spiro atoms. The van der Waals surface area contributed by atoms with Gasteiger partial charge in [0.25, 0.3) is 0 Å². The van der Waals surface area contributed by atoms with Gasteiger partial charge in [-0.3, -0.25) is 0 Å². The second kappa shape index (κ2) is 5.10. The second-order valence-electron chi connectivity index (χ2n) is 5.16. The molecule has 19 heavy (non-hydrogen) atoms. The third-order valence-corrected chi connectivity index (χ3v) is 5.06. The minimum atomic E-state index is -3.46. The predicted molar refractivity (Wildman–Crippen MR) is 75.5 cm³/mol. The molecule has 0 saturated heterocycles. The van der Waals surface area contributed by atoms with E-state index in [1.807, 2.05) is 26.0 Å². The van der Waals surface area contributed by atoms with Crippen LogP contribution in [0.4, 0.5) is 0 Å². The molecular formula is C11H16N4O2S2. The first-order chi connectivity index (χ1) is 8.75. The van der Waals surface area contributed by atoms with Gasteiger partial charge in [-0.25, -0.2) is 23.1 Å². The molecule has 0 aromatic carbocycles. The van der Waals surface area contributed by atoms with Crippen LogP contribution in [0.1, 0.15) is 13.8 Å². The molecule has 104 valence electrons. The van der Waals surface area contributed by atoms with Crippen molar-refractivity contribution >= 4 is 27.4 Å². The Morgan fingerprint density at radius 3 is 2.84 bits per heavy atom. The Kier molecular flexibility index (Phi) is 3.84. The van der Waals surface area contributed by atoms with Crippen LogP contribution < -0.4 is 5.14 Å². The van der Waals surface area contributed by atoms with Gasteiger partial charge in [0.2, 0.25) is 10.0 Å². The topological polar surface area (TPSA) is 90.3 Å². The van der Waals surface area contributed by atoms with E-state index in [0.29, 0.717) is 5.75 Å². The smallest absolute Gasteiger partial charge is 0.209 e. The lowest BCUT2D eigenvalue weighted by molar-refractivity contribution is 0.471. The zero-order chi connectivity index (χ0) is 14.1. The Balaban J connectivity index is 2.05. The van der Waals surface area contributed by atoms with Gasteiger partial charge >= 0.3 is 0 Å². The van der Waals surface area contributed by atoms with E-state index in [2.05, 4.69) is 10.1 Å². The summed E-state index contributed by atoms with van der Waals surface area (Å²) in [5, 5.41) is 10.3. The number of hydrogen-bond acceptors (Lipinski definition) is 5. The van der Waals surface area contributed by atoms with Gasteiger partial charge < -0.3 is 0 Å². The molecule has 0 aliphatic heterocycles. The summed E-state index contributed by atoms with van der Waals surface area (Å²) in [6, 6.07) is 3.75. The van der Waals surface area contributed by atoms with Crippen LogP contribution in [0.5, 0.6) is 0 Å². The molecule has 2 heterocycles. The van der Waals surface area contributed by atoms with Crippen LogP contribution in [0.3, 0.4) is 0 Å². The predicted octanol–water partition coefficient (Wildman–Crippen LogP) is 1.14. The highest BCUT2D eigenvalue weighted by Crippen LogP contribution is 2.27. The van der Waals surface area contributed by atoms with Crippen LogP contribution in [0.2, 0.25) is 0 Å². The number of imidazole rings is 1. The van der Waals surface area contributed by atoms with Crippen LogP contribution >= 0.6 is 11.8 Å². The summed E-state index contributed by atoms with van der Waals surface area (Å²) in [5.74, 6) is 0.580. The second-order valence-corrected chi connectivity index (χ2v) is 7.77. The van der Waals surface area contributed by atoms with Crippen molar-refractivity contribution in [3.8, 4) is 0 Å². The molecule has 2 aromatic heterocycles. The Hall–Kier alpha value is -1.12. The largest absolute Gasteiger partial charge is 0.236 e. The van der Waals surface area contributed by atoms with Crippen molar-refractivity contribution in [2.24, 2.45) is 10.6 Å². The highest BCUT2D eigenvalue weighted by Gasteiger charge is 2.24. The number of thioether (sulfide) groups is 1. The van der Waals surface area contributed by atoms with Gasteiger partial charge in [0.1, 0.15) is 5.03 Å². The molecule has 0 aliphatic rings. The van der Waals surface area contributed by atoms with E-state index >= 15 is 0 Å². The maximum absolute atomic E-state index is 11.1. The zero-order valence-corrected chi connectivity index (χ0v) is 12.4. The van der Waals surface area contributed by atoms with Crippen LogP contribution in [0.15, 0.2) is 29.6 Å². The molecule has 0 radical (unpaired) electrons. The first-order valence-corrected chi connectivity index (χ1v) is 8.39. The molecule has 6 nitrogen and oxygen atoms in total. The monoisotopic (exact) mass is 300 g/mol. The quantitative estimate of drug-likeness (QED) is 0.836. The van der Waals surface area contributed by atoms with Crippen LogP contribution in [-0.4, -0.2) is 34.5 Å². The number of rotatable bonds is 5. The lowest BCUT2D eigenvalue weighted by Gasteiger charge is -2.22. The van der Waals surface area contributed by atoms with Gasteiger partial charge in [-0.1, -0.05) is 13.8 Å². The van der Waals surface area contributed by atoms with Crippen molar-refractivity contribution in [2.75, 3.05) is 11.5 Å². The SMILES string of the molecule is CC(C)(CSc1ccc2nccn2n1)CS(N)(=O)=O. The average molecular weight is 300 g/mol. The van der Waals surface area contributed by atoms with Crippen molar-refractivity contribution in [3.63, 3.8) is 0 Å². The van der Waals surface area contributed by atoms with E-state index in [4.69, 9.17) is 5.14 Å². The summed E-state index contributed by atoms with van der Waals surface area (Å²) in [5.41, 5.74) is 0.386. The number of hydrogen-bond donors (Lipinski definition) is 1. The normalized spacial score (nSPS) is 13.0. The molecule has 8 heteroatoms. The molecule has 0 atom stereocenters. The third kappa shape index (κ3) is 4.19. The van der Waals surface area contributed by atoms with E-state index in [-0.39, 0.29) is 5.75 Å². The van der Waals surface area contributed by atoms with Gasteiger partial charge in [-0.15, -0.1) is 11.8 Å². The van der Waals surface area contributed by atoms with E-state index < -0.39 is 15.4 Å². The Labute approximate surface area is 116 Å². The van der Waals surface area contributed by atoms with E-state index in [9.17, 15) is 8.42 Å². The van der Waals surface area contributed by atoms with E-state index in [1.54, 1.807) is 16.9 Å². The number of aromatic nitrogens is 3. The molecule has 2 rings (SSSR count). The summed E-state index contributed by atoms with van der Waals surface area (Å²) >= 11 is 1.51. The molecule has 2 N–H and O–H groups in total. The number of nitrogens with two attached hydrogens (primary N) is 1. The molecule has 0 saturated carbocycles. The minimum Gasteiger partial charge on any atom is -0.236 e. The van der Waals surface area contributed by atoms with Gasteiger partial charge in [0, 0.05) is 18.1 Å². The third-order valence-electron chi connectivity index (χ3n) is 2.43. The summed E-state index contributed by atoms with van der Waals surface area (Å²) in [6.07, 6.45) is 3.45. The van der Waals surface area contributed by atoms with Crippen molar-refractivity contribution in [2.45, 2.75) is 18.9 Å². The van der Waals surface area contributed by atoms with Crippen LogP contribution in [-0.2, 0) is 10.0 Å². The van der Waals surface area contributed by atoms with Gasteiger partial charge in [0.05, 0.1) is 5.75 Å². The summed E-state index contributed by atoms with van der Waals surface area (Å²) in [7, 11) is -3.46. The Morgan fingerprint density at radius 1 is 1.42 bits per heavy atom.